The molecule has 0 saturated heterocycles. The van der Waals surface area contributed by atoms with Crippen molar-refractivity contribution in [2.24, 2.45) is 11.6 Å². The molecular formula is C6H13N3O3. The molecule has 0 heterocycles. The Bertz CT molecular complexity index is 202. The SMILES string of the molecule is CC(C)(C(=O)O)N(N)C(=O)CN. The van der Waals surface area contributed by atoms with Gasteiger partial charge in [0.1, 0.15) is 5.54 Å². The van der Waals surface area contributed by atoms with Crippen LogP contribution in [0.4, 0.5) is 0 Å². The summed E-state index contributed by atoms with van der Waals surface area (Å²) in [7, 11) is 0. The van der Waals surface area contributed by atoms with E-state index in [-0.39, 0.29) is 6.54 Å². The average Bonchev–Trinajstić information content (AvgIpc) is 2.01. The van der Waals surface area contributed by atoms with Crippen LogP contribution >= 0.6 is 0 Å². The summed E-state index contributed by atoms with van der Waals surface area (Å²) in [6, 6.07) is 0. The molecule has 0 atom stereocenters. The number of nitrogens with zero attached hydrogens (tertiary/aromatic N) is 1. The maximum atomic E-state index is 10.9. The van der Waals surface area contributed by atoms with Crippen molar-refractivity contribution >= 4 is 11.9 Å². The van der Waals surface area contributed by atoms with Crippen LogP contribution in [0.1, 0.15) is 13.8 Å². The Kier molecular flexibility index (Phi) is 3.17. The molecule has 6 nitrogen and oxygen atoms in total. The maximum Gasteiger partial charge on any atom is 0.330 e. The first-order valence-corrected chi connectivity index (χ1v) is 3.35. The minimum atomic E-state index is -1.42. The Morgan fingerprint density at radius 1 is 1.50 bits per heavy atom. The normalized spacial score (nSPS) is 11.0. The predicted octanol–water partition coefficient (Wildman–Crippen LogP) is -1.49. The molecule has 0 aliphatic rings. The lowest BCUT2D eigenvalue weighted by atomic mass is 10.1. The number of hydrazine groups is 1. The molecule has 12 heavy (non-hydrogen) atoms. The molecule has 5 N–H and O–H groups in total. The molecule has 0 radical (unpaired) electrons. The molecule has 0 aromatic carbocycles. The van der Waals surface area contributed by atoms with E-state index in [1.54, 1.807) is 0 Å². The summed E-state index contributed by atoms with van der Waals surface area (Å²) in [5.41, 5.74) is 3.59. The van der Waals surface area contributed by atoms with Gasteiger partial charge in [0.25, 0.3) is 5.91 Å². The van der Waals surface area contributed by atoms with Crippen LogP contribution in [0.15, 0.2) is 0 Å². The lowest BCUT2D eigenvalue weighted by Crippen LogP contribution is -2.58. The minimum Gasteiger partial charge on any atom is -0.479 e. The number of carboxylic acid groups (broad SMARTS) is 1. The lowest BCUT2D eigenvalue weighted by Gasteiger charge is -2.30. The average molecular weight is 175 g/mol. The van der Waals surface area contributed by atoms with Gasteiger partial charge in [-0.3, -0.25) is 9.80 Å². The molecule has 6 heteroatoms. The fraction of sp³-hybridized carbons (Fsp3) is 0.667. The summed E-state index contributed by atoms with van der Waals surface area (Å²) >= 11 is 0. The molecular weight excluding hydrogens is 162 g/mol. The largest absolute Gasteiger partial charge is 0.479 e. The summed E-state index contributed by atoms with van der Waals surface area (Å²) in [6.07, 6.45) is 0. The Balaban J connectivity index is 4.56. The van der Waals surface area contributed by atoms with Crippen molar-refractivity contribution in [1.82, 2.24) is 5.01 Å². The van der Waals surface area contributed by atoms with Gasteiger partial charge in [-0.05, 0) is 13.8 Å². The highest BCUT2D eigenvalue weighted by Gasteiger charge is 2.35. The second-order valence-electron chi connectivity index (χ2n) is 2.83. The number of hydrogen-bond acceptors (Lipinski definition) is 4. The van der Waals surface area contributed by atoms with Crippen LogP contribution in [-0.4, -0.2) is 34.1 Å². The number of hydrogen-bond donors (Lipinski definition) is 3. The van der Waals surface area contributed by atoms with Gasteiger partial charge in [0.15, 0.2) is 0 Å². The van der Waals surface area contributed by atoms with E-state index in [9.17, 15) is 9.59 Å². The number of nitrogens with two attached hydrogens (primary N) is 2. The molecule has 0 aromatic rings. The molecule has 0 aromatic heterocycles. The standard InChI is InChI=1S/C6H13N3O3/c1-6(2,5(11)12)9(8)4(10)3-7/h3,7-8H2,1-2H3,(H,11,12). The van der Waals surface area contributed by atoms with Gasteiger partial charge < -0.3 is 10.8 Å². The molecule has 0 rings (SSSR count). The van der Waals surface area contributed by atoms with Crippen molar-refractivity contribution in [3.8, 4) is 0 Å². The summed E-state index contributed by atoms with van der Waals surface area (Å²) < 4.78 is 0. The van der Waals surface area contributed by atoms with Crippen molar-refractivity contribution in [2.45, 2.75) is 19.4 Å². The summed E-state index contributed by atoms with van der Waals surface area (Å²) in [5.74, 6) is 3.45. The molecule has 0 unspecified atom stereocenters. The first-order chi connectivity index (χ1) is 5.34. The lowest BCUT2D eigenvalue weighted by molar-refractivity contribution is -0.156. The number of amides is 1. The van der Waals surface area contributed by atoms with E-state index in [0.29, 0.717) is 5.01 Å². The summed E-state index contributed by atoms with van der Waals surface area (Å²) in [4.78, 5) is 21.4. The van der Waals surface area contributed by atoms with Crippen LogP contribution in [0.25, 0.3) is 0 Å². The van der Waals surface area contributed by atoms with Gasteiger partial charge in [0.05, 0.1) is 6.54 Å². The molecule has 0 spiro atoms. The first kappa shape index (κ1) is 10.9. The van der Waals surface area contributed by atoms with Crippen molar-refractivity contribution in [2.75, 3.05) is 6.54 Å². The number of carboxylic acids is 1. The molecule has 1 amide bonds. The second kappa shape index (κ2) is 3.51. The van der Waals surface area contributed by atoms with Crippen LogP contribution in [0.5, 0.6) is 0 Å². The van der Waals surface area contributed by atoms with Crippen LogP contribution in [0, 0.1) is 0 Å². The highest BCUT2D eigenvalue weighted by Crippen LogP contribution is 2.09. The van der Waals surface area contributed by atoms with Gasteiger partial charge in [0.2, 0.25) is 0 Å². The Hall–Kier alpha value is -1.14. The fourth-order valence-corrected chi connectivity index (χ4v) is 0.513. The van der Waals surface area contributed by atoms with Crippen LogP contribution in [-0.2, 0) is 9.59 Å². The van der Waals surface area contributed by atoms with E-state index in [1.807, 2.05) is 0 Å². The number of carbonyl (C=O) groups excluding carboxylic acids is 1. The van der Waals surface area contributed by atoms with Gasteiger partial charge in [-0.25, -0.2) is 10.6 Å². The zero-order valence-corrected chi connectivity index (χ0v) is 7.07. The van der Waals surface area contributed by atoms with E-state index in [2.05, 4.69) is 0 Å². The van der Waals surface area contributed by atoms with E-state index < -0.39 is 17.4 Å². The van der Waals surface area contributed by atoms with Gasteiger partial charge in [0, 0.05) is 0 Å². The van der Waals surface area contributed by atoms with Crippen LogP contribution in [0.3, 0.4) is 0 Å². The van der Waals surface area contributed by atoms with E-state index >= 15 is 0 Å². The summed E-state index contributed by atoms with van der Waals surface area (Å²) in [6.45, 7) is 2.35. The highest BCUT2D eigenvalue weighted by atomic mass is 16.4. The molecule has 0 aliphatic heterocycles. The summed E-state index contributed by atoms with van der Waals surface area (Å²) in [5, 5.41) is 9.26. The smallest absolute Gasteiger partial charge is 0.330 e. The Morgan fingerprint density at radius 3 is 2.17 bits per heavy atom. The van der Waals surface area contributed by atoms with Crippen molar-refractivity contribution < 1.29 is 14.7 Å². The first-order valence-electron chi connectivity index (χ1n) is 3.35. The highest BCUT2D eigenvalue weighted by molar-refractivity contribution is 5.86. The van der Waals surface area contributed by atoms with Gasteiger partial charge >= 0.3 is 5.97 Å². The maximum absolute atomic E-state index is 10.9. The number of aliphatic carboxylic acids is 1. The Labute approximate surface area is 70.1 Å². The quantitative estimate of drug-likeness (QED) is 0.275. The van der Waals surface area contributed by atoms with Crippen LogP contribution < -0.4 is 11.6 Å². The molecule has 0 fully saturated rings. The molecule has 0 bridgehead atoms. The third-order valence-corrected chi connectivity index (χ3v) is 1.57. The number of rotatable bonds is 3. The van der Waals surface area contributed by atoms with E-state index in [4.69, 9.17) is 16.7 Å². The molecule has 0 saturated carbocycles. The topological polar surface area (TPSA) is 110 Å². The van der Waals surface area contributed by atoms with Crippen molar-refractivity contribution in [1.29, 1.82) is 0 Å². The van der Waals surface area contributed by atoms with Gasteiger partial charge in [-0.1, -0.05) is 0 Å². The Morgan fingerprint density at radius 2 is 1.92 bits per heavy atom. The number of carbonyl (C=O) groups is 2. The molecule has 0 aliphatic carbocycles. The van der Waals surface area contributed by atoms with Crippen LogP contribution in [0.2, 0.25) is 0 Å². The minimum absolute atomic E-state index is 0.298. The molecule has 70 valence electrons. The monoisotopic (exact) mass is 175 g/mol. The zero-order valence-electron chi connectivity index (χ0n) is 7.07. The predicted molar refractivity (Wildman–Crippen MR) is 41.8 cm³/mol. The second-order valence-corrected chi connectivity index (χ2v) is 2.83. The van der Waals surface area contributed by atoms with Crippen molar-refractivity contribution in [3.63, 3.8) is 0 Å². The van der Waals surface area contributed by atoms with Gasteiger partial charge in [-0.15, -0.1) is 0 Å². The zero-order chi connectivity index (χ0) is 9.94. The third-order valence-electron chi connectivity index (χ3n) is 1.57. The van der Waals surface area contributed by atoms with Crippen molar-refractivity contribution in [3.05, 3.63) is 0 Å². The third kappa shape index (κ3) is 1.93. The fourth-order valence-electron chi connectivity index (χ4n) is 0.513. The van der Waals surface area contributed by atoms with Gasteiger partial charge in [-0.2, -0.15) is 0 Å². The van der Waals surface area contributed by atoms with E-state index in [0.717, 1.165) is 0 Å². The van der Waals surface area contributed by atoms with E-state index in [1.165, 1.54) is 13.8 Å².